The molecule has 0 N–H and O–H groups in total. The lowest BCUT2D eigenvalue weighted by Crippen LogP contribution is -2.21. The molecule has 0 radical (unpaired) electrons. The number of rotatable bonds is 8. The number of hydrogen-bond acceptors (Lipinski definition) is 4. The van der Waals surface area contributed by atoms with Crippen molar-refractivity contribution in [3.8, 4) is 22.7 Å². The standard InChI is InChI=1S/C38H28N4O2/c43-38-35(37(29-16-7-2-8-17-29)40-42(38)33-21-11-4-12-22-33)25-31-26-41(32-19-9-3-10-20-32)39-36(31)30-18-13-23-34(24-30)44-27-28-14-5-1-6-15-28/h1-26H,27H2. The normalized spacial score (nSPS) is 13.7. The van der Waals surface area contributed by atoms with Gasteiger partial charge in [-0.2, -0.15) is 15.2 Å². The molecule has 0 aliphatic carbocycles. The van der Waals surface area contributed by atoms with E-state index in [0.717, 1.165) is 39.4 Å². The lowest BCUT2D eigenvalue weighted by Gasteiger charge is -2.11. The Kier molecular flexibility index (Phi) is 7.37. The minimum absolute atomic E-state index is 0.201. The first-order chi connectivity index (χ1) is 21.7. The predicted molar refractivity (Wildman–Crippen MR) is 175 cm³/mol. The molecule has 1 aliphatic rings. The second-order valence-electron chi connectivity index (χ2n) is 10.3. The number of hydrogen-bond donors (Lipinski definition) is 0. The fourth-order valence-electron chi connectivity index (χ4n) is 5.16. The van der Waals surface area contributed by atoms with Gasteiger partial charge in [0.05, 0.1) is 16.9 Å². The van der Waals surface area contributed by atoms with Crippen molar-refractivity contribution in [2.24, 2.45) is 5.10 Å². The molecular formula is C38H28N4O2. The van der Waals surface area contributed by atoms with Gasteiger partial charge in [-0.25, -0.2) is 4.68 Å². The fourth-order valence-corrected chi connectivity index (χ4v) is 5.16. The van der Waals surface area contributed by atoms with Crippen molar-refractivity contribution in [2.45, 2.75) is 6.61 Å². The quantitative estimate of drug-likeness (QED) is 0.174. The number of carbonyl (C=O) groups is 1. The molecule has 212 valence electrons. The summed E-state index contributed by atoms with van der Waals surface area (Å²) < 4.78 is 7.98. The summed E-state index contributed by atoms with van der Waals surface area (Å²) >= 11 is 0. The maximum atomic E-state index is 14.0. The minimum Gasteiger partial charge on any atom is -0.489 e. The summed E-state index contributed by atoms with van der Waals surface area (Å²) in [6.07, 6.45) is 3.85. The van der Waals surface area contributed by atoms with E-state index in [0.29, 0.717) is 23.6 Å². The molecule has 0 unspecified atom stereocenters. The maximum Gasteiger partial charge on any atom is 0.281 e. The number of ether oxygens (including phenoxy) is 1. The summed E-state index contributed by atoms with van der Waals surface area (Å²) in [6.45, 7) is 0.459. The number of hydrazone groups is 1. The minimum atomic E-state index is -0.201. The number of para-hydroxylation sites is 2. The number of anilines is 1. The van der Waals surface area contributed by atoms with Crippen LogP contribution in [0.4, 0.5) is 5.69 Å². The van der Waals surface area contributed by atoms with E-state index < -0.39 is 0 Å². The summed E-state index contributed by atoms with van der Waals surface area (Å²) in [4.78, 5) is 14.0. The fraction of sp³-hybridized carbons (Fsp3) is 0.0263. The van der Waals surface area contributed by atoms with Crippen LogP contribution in [0.1, 0.15) is 16.7 Å². The van der Waals surface area contributed by atoms with Crippen molar-refractivity contribution >= 4 is 23.4 Å². The van der Waals surface area contributed by atoms with Gasteiger partial charge in [-0.05, 0) is 48.0 Å². The van der Waals surface area contributed by atoms with E-state index in [2.05, 4.69) is 0 Å². The van der Waals surface area contributed by atoms with Gasteiger partial charge in [0.1, 0.15) is 23.8 Å². The molecule has 0 bridgehead atoms. The zero-order chi connectivity index (χ0) is 29.7. The number of nitrogens with zero attached hydrogens (tertiary/aromatic N) is 4. The van der Waals surface area contributed by atoms with Crippen LogP contribution < -0.4 is 9.75 Å². The Morgan fingerprint density at radius 3 is 1.98 bits per heavy atom. The Hall–Kier alpha value is -6.01. The topological polar surface area (TPSA) is 59.7 Å². The molecule has 0 saturated heterocycles. The van der Waals surface area contributed by atoms with Crippen LogP contribution >= 0.6 is 0 Å². The molecule has 44 heavy (non-hydrogen) atoms. The van der Waals surface area contributed by atoms with Gasteiger partial charge in [0.2, 0.25) is 0 Å². The van der Waals surface area contributed by atoms with Crippen LogP contribution in [0.2, 0.25) is 0 Å². The van der Waals surface area contributed by atoms with E-state index in [9.17, 15) is 4.79 Å². The Bertz CT molecular complexity index is 1970. The van der Waals surface area contributed by atoms with E-state index in [1.807, 2.05) is 163 Å². The van der Waals surface area contributed by atoms with Crippen LogP contribution in [0.5, 0.6) is 5.75 Å². The Morgan fingerprint density at radius 1 is 0.659 bits per heavy atom. The van der Waals surface area contributed by atoms with Crippen molar-refractivity contribution in [1.82, 2.24) is 9.78 Å². The summed E-state index contributed by atoms with van der Waals surface area (Å²) in [5.41, 5.74) is 7.06. The molecule has 2 heterocycles. The van der Waals surface area contributed by atoms with Gasteiger partial charge < -0.3 is 4.74 Å². The number of benzene rings is 5. The Labute approximate surface area is 255 Å². The van der Waals surface area contributed by atoms with Crippen molar-refractivity contribution in [3.63, 3.8) is 0 Å². The summed E-state index contributed by atoms with van der Waals surface area (Å²) in [5.74, 6) is 0.534. The third-order valence-electron chi connectivity index (χ3n) is 7.34. The van der Waals surface area contributed by atoms with Gasteiger partial charge in [-0.1, -0.05) is 109 Å². The first-order valence-electron chi connectivity index (χ1n) is 14.4. The van der Waals surface area contributed by atoms with Gasteiger partial charge in [0.15, 0.2) is 0 Å². The number of carbonyl (C=O) groups excluding carboxylic acids is 1. The van der Waals surface area contributed by atoms with Gasteiger partial charge >= 0.3 is 0 Å². The Balaban J connectivity index is 1.32. The molecule has 0 fully saturated rings. The largest absolute Gasteiger partial charge is 0.489 e. The van der Waals surface area contributed by atoms with Gasteiger partial charge in [-0.3, -0.25) is 4.79 Å². The van der Waals surface area contributed by atoms with E-state index >= 15 is 0 Å². The lowest BCUT2D eigenvalue weighted by molar-refractivity contribution is -0.114. The zero-order valence-electron chi connectivity index (χ0n) is 23.8. The van der Waals surface area contributed by atoms with E-state index in [-0.39, 0.29) is 5.91 Å². The first-order valence-corrected chi connectivity index (χ1v) is 14.4. The highest BCUT2D eigenvalue weighted by molar-refractivity contribution is 6.37. The van der Waals surface area contributed by atoms with Crippen molar-refractivity contribution in [3.05, 3.63) is 174 Å². The highest BCUT2D eigenvalue weighted by Crippen LogP contribution is 2.32. The molecule has 7 rings (SSSR count). The maximum absolute atomic E-state index is 14.0. The molecule has 1 aliphatic heterocycles. The highest BCUT2D eigenvalue weighted by Gasteiger charge is 2.32. The number of aromatic nitrogens is 2. The second-order valence-corrected chi connectivity index (χ2v) is 10.3. The van der Waals surface area contributed by atoms with Gasteiger partial charge in [0.25, 0.3) is 5.91 Å². The molecule has 1 aromatic heterocycles. The van der Waals surface area contributed by atoms with Crippen LogP contribution in [-0.4, -0.2) is 21.4 Å². The SMILES string of the molecule is O=C1C(=Cc2cn(-c3ccccc3)nc2-c2cccc(OCc3ccccc3)c2)C(c2ccccc2)=NN1c1ccccc1. The molecule has 0 spiro atoms. The van der Waals surface area contributed by atoms with Crippen molar-refractivity contribution < 1.29 is 9.53 Å². The highest BCUT2D eigenvalue weighted by atomic mass is 16.5. The molecule has 5 aromatic carbocycles. The van der Waals surface area contributed by atoms with Crippen LogP contribution in [0, 0.1) is 0 Å². The van der Waals surface area contributed by atoms with E-state index in [1.54, 1.807) is 0 Å². The summed E-state index contributed by atoms with van der Waals surface area (Å²) in [7, 11) is 0. The monoisotopic (exact) mass is 572 g/mol. The molecular weight excluding hydrogens is 544 g/mol. The average molecular weight is 573 g/mol. The third-order valence-corrected chi connectivity index (χ3v) is 7.34. The van der Waals surface area contributed by atoms with Gasteiger partial charge in [0, 0.05) is 22.9 Å². The molecule has 0 atom stereocenters. The van der Waals surface area contributed by atoms with Crippen LogP contribution in [-0.2, 0) is 11.4 Å². The number of amides is 1. The average Bonchev–Trinajstić information content (AvgIpc) is 3.67. The van der Waals surface area contributed by atoms with E-state index in [1.165, 1.54) is 5.01 Å². The molecule has 6 aromatic rings. The van der Waals surface area contributed by atoms with Crippen LogP contribution in [0.25, 0.3) is 23.0 Å². The molecule has 6 heteroatoms. The zero-order valence-corrected chi connectivity index (χ0v) is 23.8. The Morgan fingerprint density at radius 2 is 1.27 bits per heavy atom. The van der Waals surface area contributed by atoms with Crippen molar-refractivity contribution in [2.75, 3.05) is 5.01 Å². The lowest BCUT2D eigenvalue weighted by atomic mass is 9.99. The second kappa shape index (κ2) is 12.1. The predicted octanol–water partition coefficient (Wildman–Crippen LogP) is 7.95. The first kappa shape index (κ1) is 26.9. The van der Waals surface area contributed by atoms with E-state index in [4.69, 9.17) is 14.9 Å². The smallest absolute Gasteiger partial charge is 0.281 e. The van der Waals surface area contributed by atoms with Crippen LogP contribution in [0.3, 0.4) is 0 Å². The molecule has 1 amide bonds. The summed E-state index contributed by atoms with van der Waals surface area (Å²) in [5, 5.41) is 11.3. The summed E-state index contributed by atoms with van der Waals surface area (Å²) in [6, 6.07) is 47.2. The molecule has 0 saturated carbocycles. The third kappa shape index (κ3) is 5.56. The molecule has 6 nitrogen and oxygen atoms in total. The van der Waals surface area contributed by atoms with Crippen molar-refractivity contribution in [1.29, 1.82) is 0 Å². The van der Waals surface area contributed by atoms with Crippen LogP contribution in [0.15, 0.2) is 162 Å². The van der Waals surface area contributed by atoms with Gasteiger partial charge in [-0.15, -0.1) is 0 Å².